The Kier molecular flexibility index (Phi) is 39.0. The third-order valence-electron chi connectivity index (χ3n) is 17.9. The van der Waals surface area contributed by atoms with Gasteiger partial charge in [-0.1, -0.05) is 0 Å². The molecule has 21 N–H and O–H groups in total. The molecule has 80 nitrogen and oxygen atoms in total. The topological polar surface area (TPSA) is 1200 Å². The third kappa shape index (κ3) is 37.2. The minimum atomic E-state index is -6.99. The first-order valence-electron chi connectivity index (χ1n) is 34.5. The van der Waals surface area contributed by atoms with Crippen molar-refractivity contribution in [1.82, 2.24) is 0 Å². The van der Waals surface area contributed by atoms with E-state index < -0.39 is 417 Å². The highest BCUT2D eigenvalue weighted by atomic mass is 32.3. The second-order valence-corrected chi connectivity index (χ2v) is 43.3. The molecule has 21 heterocycles. The van der Waals surface area contributed by atoms with Gasteiger partial charge in [0.05, 0.1) is 46.2 Å². The average Bonchev–Trinajstić information content (AvgIpc) is 0.907. The van der Waals surface area contributed by atoms with Gasteiger partial charge in [0.15, 0.2) is 68.4 Å². The standard InChI is InChI=1S/C42H70O80S15/c43-1-8-20-15(44)17(46)36(100-8)109-22-10(3-95-124(52,53)54)102-38(19(48)27(22)114-129(67,68)69)107-21-9(2-94-123(49,50)51)101-37(18(47)16(21)45)110-23-11(4-96-125(55,56)57)104-40(33(120-135(85,86)87)28(23)115-130(70,71)72)112-25-13(6-98-127(61,62)63)106-42(35(122-137(91,92)93)30(25)117-132(76,77)78)113-26-14(7-99-128(64,65)66)105-41(34(121-136(88,89)90)31(26)118-133(79,80)81)111-24-12(5-97-126(58,59)60)103-39(108-20)32(119-134(82,83)84)29(24)116-131(73,74)75/h8-48H,1-7H2,(H,49,50,51)(H,52,53,54)(H,55,56,57)(H,58,59,60)(H,61,62,63)(H,64,65,66)(H,67,68,69)(H,70,71,72)(H,73,74,75)(H,76,77,78)(H,79,80,81)(H,82,83,84)(H,85,86,87)(H,88,89,90)(H,91,92,93)/t8-,9-,10-,11-,12-,13-,14-,15-,16-,17-,18-,19-,20-,21-,22-,23-,24-,25-,26-,27-,28+,29+,30+,31+,32-,33-,34-,35-,36-,37-,38-,39-,40-,41-,42-/m1/s1. The number of hydrogen-bond acceptors (Lipinski definition) is 65. The number of rotatable bonds is 37. The summed E-state index contributed by atoms with van der Waals surface area (Å²) in [5.41, 5.74) is 0. The highest BCUT2D eigenvalue weighted by molar-refractivity contribution is 7.84. The molecule has 0 aromatic rings. The molecule has 21 fully saturated rings. The second-order valence-electron chi connectivity index (χ2n) is 27.3. The Labute approximate surface area is 766 Å². The molecule has 808 valence electrons. The summed E-state index contributed by atoms with van der Waals surface area (Å²) >= 11 is 0. The molecule has 0 aromatic carbocycles. The molecule has 21 aliphatic rings. The number of aliphatic hydroxyl groups is 6. The van der Waals surface area contributed by atoms with Gasteiger partial charge in [0.25, 0.3) is 0 Å². The van der Waals surface area contributed by atoms with Crippen molar-refractivity contribution in [2.75, 3.05) is 46.2 Å². The molecule has 21 saturated heterocycles. The highest BCUT2D eigenvalue weighted by Crippen LogP contribution is 2.45. The van der Waals surface area contributed by atoms with Gasteiger partial charge in [0.2, 0.25) is 0 Å². The minimum absolute atomic E-state index is 1.95. The number of hydrogen-bond donors (Lipinski definition) is 21. The van der Waals surface area contributed by atoms with Crippen molar-refractivity contribution in [3.8, 4) is 0 Å². The van der Waals surface area contributed by atoms with Gasteiger partial charge in [0, 0.05) is 0 Å². The Morgan fingerprint density at radius 2 is 0.307 bits per heavy atom. The maximum absolute atomic E-state index is 13.2. The van der Waals surface area contributed by atoms with Crippen molar-refractivity contribution in [2.45, 2.75) is 215 Å². The van der Waals surface area contributed by atoms with Gasteiger partial charge in [-0.3, -0.25) is 68.3 Å². The maximum atomic E-state index is 13.2. The summed E-state index contributed by atoms with van der Waals surface area (Å²) < 4.78 is 678. The SMILES string of the molecule is O=S(=O)(O)OC[C@H]1O[C@@H]2O[C@H]3[C@H](OS(=O)(=O)O)[C@@H](OS(=O)(=O)O)[C@@H](O[C@H]4[C@H](OS(=O)(=O)O)[C@@H](OS(=O)(=O)O)[C@@H](O[C@H]5[C@H](OS(=O)(=O)O)[C@@H](OS(=O)(=O)O)[C@@H](O[C@H]6[C@H](OS(=O)(=O)O)[C@@H](OS(=O)(=O)O)[C@@H](O[C@H]7[C@H](O)[C@@H](O)[C@@H](O[C@H]8[C@H](OS(=O)(=O)O)[C@@H](O)[C@@H](O[C@H]1[C@H](O)[C@H]2O)O[C@@H]8COS(=O)(=O)O)O[C@@H]7CO)O[C@@H]6COS(=O)(=O)O)O[C@@H]5COS(=O)(=O)O)O[C@@H]4COS(=O)(=O)O)O[C@@H]3COS(=O)(=O)O. The van der Waals surface area contributed by atoms with Crippen LogP contribution in [0.15, 0.2) is 0 Å². The van der Waals surface area contributed by atoms with Gasteiger partial charge in [-0.15, -0.1) is 0 Å². The van der Waals surface area contributed by atoms with Gasteiger partial charge in [-0.25, -0.2) is 62.7 Å². The quantitative estimate of drug-likeness (QED) is 0.0257. The van der Waals surface area contributed by atoms with E-state index in [2.05, 4.69) is 62.7 Å². The summed E-state index contributed by atoms with van der Waals surface area (Å²) in [5.74, 6) is 0. The van der Waals surface area contributed by atoms with E-state index in [1.54, 1.807) is 0 Å². The lowest BCUT2D eigenvalue weighted by atomic mass is 9.95. The molecule has 0 saturated carbocycles. The third-order valence-corrected chi connectivity index (χ3v) is 24.7. The van der Waals surface area contributed by atoms with Crippen LogP contribution in [-0.2, 0) is 285 Å². The highest BCUT2D eigenvalue weighted by Gasteiger charge is 2.66. The summed E-state index contributed by atoms with van der Waals surface area (Å²) in [6, 6.07) is 0. The molecule has 0 radical (unpaired) electrons. The first-order chi connectivity index (χ1) is 61.7. The maximum Gasteiger partial charge on any atom is 0.397 e. The van der Waals surface area contributed by atoms with Crippen molar-refractivity contribution in [3.63, 3.8) is 0 Å². The van der Waals surface area contributed by atoms with Crippen LogP contribution in [0.25, 0.3) is 0 Å². The zero-order chi connectivity index (χ0) is 104. The van der Waals surface area contributed by atoms with E-state index in [0.29, 0.717) is 0 Å². The van der Waals surface area contributed by atoms with Crippen LogP contribution in [0.5, 0.6) is 0 Å². The van der Waals surface area contributed by atoms with E-state index in [0.717, 1.165) is 0 Å². The average molecular weight is 2340 g/mol. The molecular weight excluding hydrogens is 2270 g/mol. The summed E-state index contributed by atoms with van der Waals surface area (Å²) in [5, 5.41) is 70.6. The van der Waals surface area contributed by atoms with Crippen LogP contribution in [0.3, 0.4) is 0 Å². The fraction of sp³-hybridized carbons (Fsp3) is 1.00. The van der Waals surface area contributed by atoms with Crippen molar-refractivity contribution in [2.24, 2.45) is 0 Å². The van der Waals surface area contributed by atoms with Gasteiger partial charge < -0.3 is 97.0 Å². The monoisotopic (exact) mass is 2330 g/mol. The van der Waals surface area contributed by atoms with Crippen molar-refractivity contribution >= 4 is 156 Å². The molecule has 0 aliphatic carbocycles. The van der Waals surface area contributed by atoms with Crippen molar-refractivity contribution in [1.29, 1.82) is 0 Å². The Balaban J connectivity index is 1.50. The van der Waals surface area contributed by atoms with E-state index in [1.807, 2.05) is 0 Å². The van der Waals surface area contributed by atoms with Gasteiger partial charge in [-0.05, 0) is 0 Å². The van der Waals surface area contributed by atoms with E-state index in [9.17, 15) is 225 Å². The Hall–Kier alpha value is -2.75. The Morgan fingerprint density at radius 1 is 0.161 bits per heavy atom. The molecule has 21 rings (SSSR count). The fourth-order valence-corrected chi connectivity index (χ4v) is 19.6. The molecule has 0 unspecified atom stereocenters. The Morgan fingerprint density at radius 3 is 0.511 bits per heavy atom. The predicted molar refractivity (Wildman–Crippen MR) is 385 cm³/mol. The molecule has 35 atom stereocenters. The van der Waals surface area contributed by atoms with E-state index in [1.165, 1.54) is 0 Å². The Bertz CT molecular complexity index is 6020. The van der Waals surface area contributed by atoms with E-state index in [-0.39, 0.29) is 0 Å². The molecule has 0 spiro atoms. The molecule has 95 heteroatoms. The summed E-state index contributed by atoms with van der Waals surface area (Å²) in [6.45, 7) is -16.0. The van der Waals surface area contributed by atoms with Crippen molar-refractivity contribution < 1.29 is 354 Å². The predicted octanol–water partition coefficient (Wildman–Crippen LogP) is -17.8. The van der Waals surface area contributed by atoms with Crippen LogP contribution in [0.4, 0.5) is 0 Å². The van der Waals surface area contributed by atoms with Gasteiger partial charge in [-0.2, -0.15) is 126 Å². The fourth-order valence-electron chi connectivity index (χ4n) is 13.3. The van der Waals surface area contributed by atoms with E-state index in [4.69, 9.17) is 66.3 Å². The van der Waals surface area contributed by atoms with Crippen LogP contribution in [0.1, 0.15) is 0 Å². The minimum Gasteiger partial charge on any atom is -0.394 e. The van der Waals surface area contributed by atoms with Gasteiger partial charge in [0.1, 0.15) is 146 Å². The van der Waals surface area contributed by atoms with Gasteiger partial charge >= 0.3 is 156 Å². The molecule has 137 heavy (non-hydrogen) atoms. The van der Waals surface area contributed by atoms with Crippen LogP contribution in [-0.4, -0.2) is 486 Å². The summed E-state index contributed by atoms with van der Waals surface area (Å²) in [7, 11) is -99.2. The first kappa shape index (κ1) is 119. The van der Waals surface area contributed by atoms with Crippen LogP contribution in [0, 0.1) is 0 Å². The lowest BCUT2D eigenvalue weighted by Gasteiger charge is -2.51. The zero-order valence-corrected chi connectivity index (χ0v) is 77.0. The number of aliphatic hydroxyl groups excluding tert-OH is 6. The van der Waals surface area contributed by atoms with E-state index >= 15 is 0 Å². The normalized spacial score (nSPS) is 38.1. The smallest absolute Gasteiger partial charge is 0.394 e. The largest absolute Gasteiger partial charge is 0.397 e. The molecule has 0 amide bonds. The lowest BCUT2D eigenvalue weighted by molar-refractivity contribution is -0.392. The molecule has 0 aromatic heterocycles. The van der Waals surface area contributed by atoms with Crippen LogP contribution in [0.2, 0.25) is 0 Å². The first-order valence-corrected chi connectivity index (χ1v) is 55.0. The zero-order valence-electron chi connectivity index (χ0n) is 64.8. The lowest BCUT2D eigenvalue weighted by Crippen LogP contribution is -2.70. The molecule has 14 bridgehead atoms. The summed E-state index contributed by atoms with van der Waals surface area (Å²) in [4.78, 5) is 0. The van der Waals surface area contributed by atoms with Crippen LogP contribution < -0.4 is 0 Å². The molecular formula is C42H70O80S15. The number of ether oxygens (including phenoxy) is 14. The van der Waals surface area contributed by atoms with Crippen molar-refractivity contribution in [3.05, 3.63) is 0 Å². The van der Waals surface area contributed by atoms with Crippen LogP contribution >= 0.6 is 0 Å². The molecule has 21 aliphatic heterocycles. The second kappa shape index (κ2) is 44.7. The summed E-state index contributed by atoms with van der Waals surface area (Å²) in [6.07, 6.45) is -125.